The zero-order chi connectivity index (χ0) is 24.9. The number of rotatable bonds is 7. The van der Waals surface area contributed by atoms with Crippen molar-refractivity contribution in [3.05, 3.63) is 66.4 Å². The molecule has 1 aliphatic heterocycles. The SMILES string of the molecule is [C-]#[N+]c1cnc(Nc2ccc(OC)c(N3CCN(C)CC3)c2)nc1Nc1ccccc1-c1ncn[nH]1. The van der Waals surface area contributed by atoms with Crippen LogP contribution in [0.5, 0.6) is 5.75 Å². The Morgan fingerprint density at radius 2 is 1.89 bits per heavy atom. The maximum absolute atomic E-state index is 7.57. The van der Waals surface area contributed by atoms with Gasteiger partial charge in [0.15, 0.2) is 5.82 Å². The summed E-state index contributed by atoms with van der Waals surface area (Å²) in [6.45, 7) is 11.4. The lowest BCUT2D eigenvalue weighted by atomic mass is 10.1. The zero-order valence-corrected chi connectivity index (χ0v) is 20.1. The van der Waals surface area contributed by atoms with E-state index >= 15 is 0 Å². The number of aromatic amines is 1. The van der Waals surface area contributed by atoms with E-state index in [1.165, 1.54) is 12.5 Å². The van der Waals surface area contributed by atoms with E-state index in [1.807, 2.05) is 42.5 Å². The first-order valence-corrected chi connectivity index (χ1v) is 11.5. The van der Waals surface area contributed by atoms with Crippen molar-refractivity contribution in [2.75, 3.05) is 55.9 Å². The van der Waals surface area contributed by atoms with Crippen molar-refractivity contribution in [3.8, 4) is 17.1 Å². The summed E-state index contributed by atoms with van der Waals surface area (Å²) in [6.07, 6.45) is 2.96. The molecule has 2 aromatic carbocycles. The zero-order valence-electron chi connectivity index (χ0n) is 20.1. The lowest BCUT2D eigenvalue weighted by Crippen LogP contribution is -2.44. The largest absolute Gasteiger partial charge is 0.495 e. The van der Waals surface area contributed by atoms with Crippen molar-refractivity contribution < 1.29 is 4.74 Å². The van der Waals surface area contributed by atoms with E-state index in [9.17, 15) is 0 Å². The number of nitrogens with zero attached hydrogens (tertiary/aromatic N) is 7. The Morgan fingerprint density at radius 3 is 2.64 bits per heavy atom. The third-order valence-electron chi connectivity index (χ3n) is 6.02. The summed E-state index contributed by atoms with van der Waals surface area (Å²) in [5.41, 5.74) is 3.71. The lowest BCUT2D eigenvalue weighted by molar-refractivity contribution is 0.311. The molecular weight excluding hydrogens is 456 g/mol. The second-order valence-corrected chi connectivity index (χ2v) is 8.35. The van der Waals surface area contributed by atoms with Gasteiger partial charge in [0.1, 0.15) is 17.9 Å². The number of hydrogen-bond donors (Lipinski definition) is 3. The molecule has 5 rings (SSSR count). The molecule has 11 heteroatoms. The lowest BCUT2D eigenvalue weighted by Gasteiger charge is -2.34. The number of hydrogen-bond acceptors (Lipinski definition) is 9. The second-order valence-electron chi connectivity index (χ2n) is 8.35. The number of methoxy groups -OCH3 is 1. The topological polar surface area (TPSA) is 111 Å². The van der Waals surface area contributed by atoms with Crippen LogP contribution < -0.4 is 20.3 Å². The molecule has 3 heterocycles. The molecule has 182 valence electrons. The molecule has 3 N–H and O–H groups in total. The predicted molar refractivity (Wildman–Crippen MR) is 139 cm³/mol. The molecule has 2 aromatic heterocycles. The number of aromatic nitrogens is 5. The van der Waals surface area contributed by atoms with Gasteiger partial charge >= 0.3 is 0 Å². The Morgan fingerprint density at radius 1 is 1.06 bits per heavy atom. The number of piperazine rings is 1. The number of para-hydroxylation sites is 1. The first-order valence-electron chi connectivity index (χ1n) is 11.5. The minimum Gasteiger partial charge on any atom is -0.495 e. The van der Waals surface area contributed by atoms with Crippen molar-refractivity contribution in [2.45, 2.75) is 0 Å². The fourth-order valence-electron chi connectivity index (χ4n) is 4.06. The molecule has 11 nitrogen and oxygen atoms in total. The highest BCUT2D eigenvalue weighted by Gasteiger charge is 2.19. The van der Waals surface area contributed by atoms with Crippen molar-refractivity contribution in [1.82, 2.24) is 30.0 Å². The molecule has 0 aliphatic carbocycles. The van der Waals surface area contributed by atoms with Gasteiger partial charge in [-0.05, 0) is 37.4 Å². The van der Waals surface area contributed by atoms with Crippen LogP contribution >= 0.6 is 0 Å². The van der Waals surface area contributed by atoms with Gasteiger partial charge in [-0.3, -0.25) is 5.10 Å². The van der Waals surface area contributed by atoms with Gasteiger partial charge < -0.3 is 25.2 Å². The van der Waals surface area contributed by atoms with E-state index in [1.54, 1.807) is 7.11 Å². The molecule has 0 bridgehead atoms. The van der Waals surface area contributed by atoms with Crippen LogP contribution in [0, 0.1) is 6.57 Å². The van der Waals surface area contributed by atoms with Crippen LogP contribution in [0.4, 0.5) is 34.5 Å². The molecular formula is C25H26N10O. The fourth-order valence-corrected chi connectivity index (χ4v) is 4.06. The standard InChI is InChI=1S/C25H26N10O/c1-26-20-15-27-25(32-24(20)31-19-7-5-4-6-18(19)23-28-16-29-33-23)30-17-8-9-22(36-3)21(14-17)35-12-10-34(2)11-13-35/h4-9,14-16H,10-13H2,2-3H3,(H,28,29,33)(H2,27,30,31,32). The molecule has 0 radical (unpaired) electrons. The van der Waals surface area contributed by atoms with Crippen molar-refractivity contribution in [2.24, 2.45) is 0 Å². The Kier molecular flexibility index (Phi) is 6.59. The van der Waals surface area contributed by atoms with Gasteiger partial charge in [0.2, 0.25) is 11.6 Å². The maximum atomic E-state index is 7.57. The average molecular weight is 483 g/mol. The highest BCUT2D eigenvalue weighted by Crippen LogP contribution is 2.34. The van der Waals surface area contributed by atoms with Crippen LogP contribution in [-0.2, 0) is 0 Å². The van der Waals surface area contributed by atoms with E-state index in [-0.39, 0.29) is 0 Å². The van der Waals surface area contributed by atoms with Gasteiger partial charge in [-0.2, -0.15) is 5.10 Å². The number of anilines is 5. The average Bonchev–Trinajstić information content (AvgIpc) is 3.45. The van der Waals surface area contributed by atoms with E-state index in [0.717, 1.165) is 54.6 Å². The smallest absolute Gasteiger partial charge is 0.246 e. The predicted octanol–water partition coefficient (Wildman–Crippen LogP) is 4.06. The monoisotopic (exact) mass is 482 g/mol. The number of nitrogens with one attached hydrogen (secondary N) is 3. The molecule has 1 saturated heterocycles. The van der Waals surface area contributed by atoms with Crippen LogP contribution in [0.2, 0.25) is 0 Å². The van der Waals surface area contributed by atoms with Crippen LogP contribution in [-0.4, -0.2) is 70.4 Å². The third-order valence-corrected chi connectivity index (χ3v) is 6.02. The van der Waals surface area contributed by atoms with Gasteiger partial charge in [-0.1, -0.05) is 12.1 Å². The van der Waals surface area contributed by atoms with Crippen LogP contribution in [0.1, 0.15) is 0 Å². The van der Waals surface area contributed by atoms with Crippen LogP contribution in [0.25, 0.3) is 16.2 Å². The summed E-state index contributed by atoms with van der Waals surface area (Å²) in [6, 6.07) is 13.5. The van der Waals surface area contributed by atoms with Gasteiger partial charge in [-0.15, -0.1) is 0 Å². The first kappa shape index (κ1) is 23.1. The summed E-state index contributed by atoms with van der Waals surface area (Å²) in [4.78, 5) is 21.4. The molecule has 1 aliphatic rings. The van der Waals surface area contributed by atoms with Crippen LogP contribution in [0.15, 0.2) is 55.0 Å². The Hall–Kier alpha value is -4.69. The van der Waals surface area contributed by atoms with E-state index in [0.29, 0.717) is 23.3 Å². The van der Waals surface area contributed by atoms with E-state index < -0.39 is 0 Å². The number of ether oxygens (including phenoxy) is 1. The molecule has 0 saturated carbocycles. The minimum atomic E-state index is 0.306. The summed E-state index contributed by atoms with van der Waals surface area (Å²) < 4.78 is 5.62. The van der Waals surface area contributed by atoms with Crippen molar-refractivity contribution in [3.63, 3.8) is 0 Å². The Balaban J connectivity index is 1.42. The highest BCUT2D eigenvalue weighted by molar-refractivity contribution is 5.81. The maximum Gasteiger partial charge on any atom is 0.246 e. The van der Waals surface area contributed by atoms with E-state index in [4.69, 9.17) is 11.3 Å². The molecule has 36 heavy (non-hydrogen) atoms. The van der Waals surface area contributed by atoms with Crippen molar-refractivity contribution in [1.29, 1.82) is 0 Å². The molecule has 0 amide bonds. The second kappa shape index (κ2) is 10.3. The number of likely N-dealkylation sites (N-methyl/N-ethyl adjacent to an activating group) is 1. The summed E-state index contributed by atoms with van der Waals surface area (Å²) >= 11 is 0. The summed E-state index contributed by atoms with van der Waals surface area (Å²) in [5, 5.41) is 13.4. The third kappa shape index (κ3) is 4.89. The highest BCUT2D eigenvalue weighted by atomic mass is 16.5. The van der Waals surface area contributed by atoms with Gasteiger partial charge in [0, 0.05) is 49.3 Å². The number of benzene rings is 2. The first-order chi connectivity index (χ1) is 17.6. The van der Waals surface area contributed by atoms with Gasteiger partial charge in [0.05, 0.1) is 19.4 Å². The number of H-pyrrole nitrogens is 1. The van der Waals surface area contributed by atoms with Crippen molar-refractivity contribution >= 4 is 34.5 Å². The van der Waals surface area contributed by atoms with Crippen LogP contribution in [0.3, 0.4) is 0 Å². The summed E-state index contributed by atoms with van der Waals surface area (Å²) in [5.74, 6) is 2.20. The van der Waals surface area contributed by atoms with E-state index in [2.05, 4.69) is 57.5 Å². The Bertz CT molecular complexity index is 1370. The normalized spacial score (nSPS) is 13.8. The van der Waals surface area contributed by atoms with Gasteiger partial charge in [0.25, 0.3) is 0 Å². The molecule has 1 fully saturated rings. The van der Waals surface area contributed by atoms with Gasteiger partial charge in [-0.25, -0.2) is 19.8 Å². The molecule has 0 unspecified atom stereocenters. The molecule has 4 aromatic rings. The fraction of sp³-hybridized carbons (Fsp3) is 0.240. The molecule has 0 atom stereocenters. The summed E-state index contributed by atoms with van der Waals surface area (Å²) in [7, 11) is 3.81. The minimum absolute atomic E-state index is 0.306. The Labute approximate surface area is 209 Å². The quantitative estimate of drug-likeness (QED) is 0.336. The molecule has 0 spiro atoms.